The Kier molecular flexibility index (Phi) is 4.92. The second kappa shape index (κ2) is 6.31. The van der Waals surface area contributed by atoms with Crippen molar-refractivity contribution in [2.45, 2.75) is 4.90 Å². The van der Waals surface area contributed by atoms with Crippen LogP contribution in [0.3, 0.4) is 0 Å². The van der Waals surface area contributed by atoms with E-state index < -0.39 is 10.0 Å². The average Bonchev–Trinajstić information content (AvgIpc) is 2.38. The van der Waals surface area contributed by atoms with Gasteiger partial charge in [-0.3, -0.25) is 4.72 Å². The third-order valence-corrected chi connectivity index (χ3v) is 5.23. The topological polar surface area (TPSA) is 55.4 Å². The van der Waals surface area contributed by atoms with Crippen molar-refractivity contribution in [2.24, 2.45) is 0 Å². The molecule has 2 rings (SSSR count). The van der Waals surface area contributed by atoms with Crippen molar-refractivity contribution in [3.05, 3.63) is 50.5 Å². The van der Waals surface area contributed by atoms with Gasteiger partial charge in [-0.05, 0) is 59.0 Å². The summed E-state index contributed by atoms with van der Waals surface area (Å²) in [5, 5.41) is 0. The fourth-order valence-electron chi connectivity index (χ4n) is 1.58. The minimum absolute atomic E-state index is 0.197. The molecule has 2 aromatic rings. The molecule has 0 radical (unpaired) electrons. The number of methoxy groups -OCH3 is 1. The maximum Gasteiger partial charge on any atom is 0.261 e. The maximum absolute atomic E-state index is 12.3. The first-order valence-corrected chi connectivity index (χ1v) is 8.90. The maximum atomic E-state index is 12.3. The highest BCUT2D eigenvalue weighted by atomic mass is 127. The summed E-state index contributed by atoms with van der Waals surface area (Å²) in [5.74, 6) is 0.645. The Hall–Kier alpha value is -0.800. The van der Waals surface area contributed by atoms with Crippen LogP contribution >= 0.6 is 38.5 Å². The van der Waals surface area contributed by atoms with Crippen molar-refractivity contribution in [3.63, 3.8) is 0 Å². The molecule has 2 aromatic carbocycles. The van der Waals surface area contributed by atoms with Gasteiger partial charge in [0.15, 0.2) is 0 Å². The van der Waals surface area contributed by atoms with Gasteiger partial charge >= 0.3 is 0 Å². The van der Waals surface area contributed by atoms with E-state index in [1.165, 1.54) is 6.07 Å². The number of rotatable bonds is 4. The van der Waals surface area contributed by atoms with E-state index >= 15 is 0 Å². The number of benzene rings is 2. The van der Waals surface area contributed by atoms with Crippen LogP contribution in [0.25, 0.3) is 0 Å². The average molecular weight is 468 g/mol. The minimum atomic E-state index is -3.61. The lowest BCUT2D eigenvalue weighted by molar-refractivity contribution is 0.411. The molecule has 0 spiro atoms. The monoisotopic (exact) mass is 467 g/mol. The predicted octanol–water partition coefficient (Wildman–Crippen LogP) is 3.86. The number of nitrogens with one attached hydrogen (secondary N) is 1. The van der Waals surface area contributed by atoms with Gasteiger partial charge < -0.3 is 4.74 Å². The van der Waals surface area contributed by atoms with E-state index in [0.29, 0.717) is 11.4 Å². The van der Waals surface area contributed by atoms with Crippen LogP contribution in [-0.2, 0) is 10.0 Å². The number of hydrogen-bond donors (Lipinski definition) is 1. The van der Waals surface area contributed by atoms with Gasteiger partial charge in [-0.15, -0.1) is 0 Å². The van der Waals surface area contributed by atoms with Crippen LogP contribution in [0.15, 0.2) is 51.8 Å². The van der Waals surface area contributed by atoms with Crippen molar-refractivity contribution in [1.29, 1.82) is 0 Å². The first-order chi connectivity index (χ1) is 9.42. The van der Waals surface area contributed by atoms with E-state index in [1.807, 2.05) is 28.7 Å². The quantitative estimate of drug-likeness (QED) is 0.694. The molecule has 0 amide bonds. The molecule has 7 heteroatoms. The van der Waals surface area contributed by atoms with Crippen molar-refractivity contribution >= 4 is 54.2 Å². The van der Waals surface area contributed by atoms with Crippen LogP contribution in [0.2, 0.25) is 0 Å². The highest BCUT2D eigenvalue weighted by Crippen LogP contribution is 2.25. The van der Waals surface area contributed by atoms with Gasteiger partial charge in [-0.2, -0.15) is 0 Å². The summed E-state index contributed by atoms with van der Waals surface area (Å²) in [7, 11) is -2.06. The summed E-state index contributed by atoms with van der Waals surface area (Å²) in [4.78, 5) is 0.197. The molecule has 0 aliphatic carbocycles. The summed E-state index contributed by atoms with van der Waals surface area (Å²) in [6, 6.07) is 11.7. The van der Waals surface area contributed by atoms with E-state index in [-0.39, 0.29) is 4.90 Å². The van der Waals surface area contributed by atoms with E-state index in [2.05, 4.69) is 20.7 Å². The van der Waals surface area contributed by atoms with Gasteiger partial charge in [0.2, 0.25) is 0 Å². The second-order valence-corrected chi connectivity index (χ2v) is 7.67. The van der Waals surface area contributed by atoms with E-state index in [4.69, 9.17) is 4.74 Å². The number of sulfonamides is 1. The normalized spacial score (nSPS) is 11.2. The lowest BCUT2D eigenvalue weighted by atomic mass is 10.3. The van der Waals surface area contributed by atoms with Gasteiger partial charge in [-0.25, -0.2) is 8.42 Å². The van der Waals surface area contributed by atoms with Crippen molar-refractivity contribution in [2.75, 3.05) is 11.8 Å². The zero-order chi connectivity index (χ0) is 14.8. The van der Waals surface area contributed by atoms with Crippen molar-refractivity contribution in [1.82, 2.24) is 0 Å². The number of hydrogen-bond acceptors (Lipinski definition) is 3. The lowest BCUT2D eigenvalue weighted by Crippen LogP contribution is -2.13. The molecule has 0 saturated carbocycles. The Morgan fingerprint density at radius 1 is 1.20 bits per heavy atom. The molecule has 0 aliphatic rings. The SMILES string of the molecule is COc1ccc(S(=O)(=O)Nc2cccc(Br)c2)cc1I. The molecular formula is C13H11BrINO3S. The van der Waals surface area contributed by atoms with E-state index in [9.17, 15) is 8.42 Å². The molecule has 0 aliphatic heterocycles. The third-order valence-electron chi connectivity index (χ3n) is 2.51. The Morgan fingerprint density at radius 3 is 2.55 bits per heavy atom. The molecule has 4 nitrogen and oxygen atoms in total. The Balaban J connectivity index is 2.33. The van der Waals surface area contributed by atoms with Gasteiger partial charge in [0.25, 0.3) is 10.0 Å². The fraction of sp³-hybridized carbons (Fsp3) is 0.0769. The highest BCUT2D eigenvalue weighted by Gasteiger charge is 2.16. The van der Waals surface area contributed by atoms with Crippen LogP contribution in [0.4, 0.5) is 5.69 Å². The van der Waals surface area contributed by atoms with Crippen LogP contribution in [-0.4, -0.2) is 15.5 Å². The van der Waals surface area contributed by atoms with Crippen LogP contribution in [0.5, 0.6) is 5.75 Å². The smallest absolute Gasteiger partial charge is 0.261 e. The van der Waals surface area contributed by atoms with Crippen LogP contribution in [0.1, 0.15) is 0 Å². The van der Waals surface area contributed by atoms with Crippen molar-refractivity contribution < 1.29 is 13.2 Å². The van der Waals surface area contributed by atoms with Crippen LogP contribution in [0, 0.1) is 3.57 Å². The van der Waals surface area contributed by atoms with E-state index in [1.54, 1.807) is 37.4 Å². The standard InChI is InChI=1S/C13H11BrINO3S/c1-19-13-6-5-11(8-12(13)15)20(17,18)16-10-4-2-3-9(14)7-10/h2-8,16H,1H3. The highest BCUT2D eigenvalue weighted by molar-refractivity contribution is 14.1. The molecule has 20 heavy (non-hydrogen) atoms. The lowest BCUT2D eigenvalue weighted by Gasteiger charge is -2.10. The Labute approximate surface area is 139 Å². The van der Waals surface area contributed by atoms with Crippen LogP contribution < -0.4 is 9.46 Å². The molecule has 0 heterocycles. The van der Waals surface area contributed by atoms with Crippen molar-refractivity contribution in [3.8, 4) is 5.75 Å². The molecule has 0 saturated heterocycles. The number of anilines is 1. The Morgan fingerprint density at radius 2 is 1.95 bits per heavy atom. The molecule has 0 bridgehead atoms. The van der Waals surface area contributed by atoms with Gasteiger partial charge in [-0.1, -0.05) is 22.0 Å². The third kappa shape index (κ3) is 3.64. The van der Waals surface area contributed by atoms with Gasteiger partial charge in [0.1, 0.15) is 5.75 Å². The molecular weight excluding hydrogens is 457 g/mol. The minimum Gasteiger partial charge on any atom is -0.496 e. The second-order valence-electron chi connectivity index (χ2n) is 3.91. The van der Waals surface area contributed by atoms with Gasteiger partial charge in [0.05, 0.1) is 15.6 Å². The zero-order valence-electron chi connectivity index (χ0n) is 10.4. The summed E-state index contributed by atoms with van der Waals surface area (Å²) in [5.41, 5.74) is 0.505. The molecule has 0 fully saturated rings. The summed E-state index contributed by atoms with van der Waals surface area (Å²) < 4.78 is 33.8. The first-order valence-electron chi connectivity index (χ1n) is 5.54. The largest absolute Gasteiger partial charge is 0.496 e. The first kappa shape index (κ1) is 15.6. The molecule has 106 valence electrons. The summed E-state index contributed by atoms with van der Waals surface area (Å²) in [6.45, 7) is 0. The summed E-state index contributed by atoms with van der Waals surface area (Å²) >= 11 is 5.34. The molecule has 0 unspecified atom stereocenters. The fourth-order valence-corrected chi connectivity index (χ4v) is 4.00. The Bertz CT molecular complexity index is 734. The van der Waals surface area contributed by atoms with E-state index in [0.717, 1.165) is 8.04 Å². The zero-order valence-corrected chi connectivity index (χ0v) is 15.0. The van der Waals surface area contributed by atoms with Gasteiger partial charge in [0, 0.05) is 10.2 Å². The molecule has 0 aromatic heterocycles. The number of ether oxygens (including phenoxy) is 1. The molecule has 0 atom stereocenters. The number of halogens is 2. The molecule has 1 N–H and O–H groups in total. The predicted molar refractivity (Wildman–Crippen MR) is 90.7 cm³/mol. The summed E-state index contributed by atoms with van der Waals surface area (Å²) in [6.07, 6.45) is 0.